The zero-order valence-corrected chi connectivity index (χ0v) is 8.92. The molecule has 0 unspecified atom stereocenters. The summed E-state index contributed by atoms with van der Waals surface area (Å²) in [6.07, 6.45) is 0. The van der Waals surface area contributed by atoms with Crippen LogP contribution in [0.4, 0.5) is 0 Å². The molecule has 82 valence electrons. The molecule has 0 rings (SSSR count). The SMILES string of the molecule is COCCNC(=O)C(=O)NCC(C)C. The molecule has 0 spiro atoms. The molecule has 0 heterocycles. The summed E-state index contributed by atoms with van der Waals surface area (Å²) in [5, 5.41) is 4.95. The minimum absolute atomic E-state index is 0.339. The highest BCUT2D eigenvalue weighted by atomic mass is 16.5. The fourth-order valence-corrected chi connectivity index (χ4v) is 0.724. The fourth-order valence-electron chi connectivity index (χ4n) is 0.724. The van der Waals surface area contributed by atoms with Crippen LogP contribution < -0.4 is 10.6 Å². The molecule has 0 fully saturated rings. The van der Waals surface area contributed by atoms with E-state index in [-0.39, 0.29) is 0 Å². The first-order chi connectivity index (χ1) is 6.57. The Morgan fingerprint density at radius 3 is 2.29 bits per heavy atom. The summed E-state index contributed by atoms with van der Waals surface area (Å²) < 4.78 is 4.72. The number of carbonyl (C=O) groups excluding carboxylic acids is 2. The van der Waals surface area contributed by atoms with Gasteiger partial charge >= 0.3 is 11.8 Å². The van der Waals surface area contributed by atoms with Crippen molar-refractivity contribution in [2.24, 2.45) is 5.92 Å². The Hall–Kier alpha value is -1.10. The highest BCUT2D eigenvalue weighted by Crippen LogP contribution is 1.86. The topological polar surface area (TPSA) is 67.4 Å². The maximum absolute atomic E-state index is 11.1. The van der Waals surface area contributed by atoms with Gasteiger partial charge in [-0.25, -0.2) is 0 Å². The highest BCUT2D eigenvalue weighted by molar-refractivity contribution is 6.35. The van der Waals surface area contributed by atoms with Crippen LogP contribution >= 0.6 is 0 Å². The summed E-state index contributed by atoms with van der Waals surface area (Å²) >= 11 is 0. The fraction of sp³-hybridized carbons (Fsp3) is 0.778. The van der Waals surface area contributed by atoms with Crippen LogP contribution in [-0.4, -0.2) is 38.6 Å². The van der Waals surface area contributed by atoms with Gasteiger partial charge in [-0.1, -0.05) is 13.8 Å². The zero-order valence-electron chi connectivity index (χ0n) is 8.92. The largest absolute Gasteiger partial charge is 0.383 e. The number of hydrogen-bond donors (Lipinski definition) is 2. The number of hydrogen-bond acceptors (Lipinski definition) is 3. The van der Waals surface area contributed by atoms with Crippen molar-refractivity contribution in [2.75, 3.05) is 26.8 Å². The molecule has 5 nitrogen and oxygen atoms in total. The lowest BCUT2D eigenvalue weighted by atomic mass is 10.2. The van der Waals surface area contributed by atoms with Gasteiger partial charge in [-0.3, -0.25) is 9.59 Å². The first-order valence-electron chi connectivity index (χ1n) is 4.63. The first kappa shape index (κ1) is 12.9. The van der Waals surface area contributed by atoms with Crippen LogP contribution in [0.2, 0.25) is 0 Å². The molecule has 0 aromatic carbocycles. The van der Waals surface area contributed by atoms with Crippen molar-refractivity contribution in [1.29, 1.82) is 0 Å². The number of amides is 2. The number of ether oxygens (including phenoxy) is 1. The second kappa shape index (κ2) is 7.32. The second-order valence-corrected chi connectivity index (χ2v) is 3.35. The Bertz CT molecular complexity index is 192. The normalized spacial score (nSPS) is 10.0. The van der Waals surface area contributed by atoms with Gasteiger partial charge < -0.3 is 15.4 Å². The first-order valence-corrected chi connectivity index (χ1v) is 4.63. The molecule has 0 saturated heterocycles. The van der Waals surface area contributed by atoms with Crippen molar-refractivity contribution in [3.8, 4) is 0 Å². The minimum atomic E-state index is -0.609. The monoisotopic (exact) mass is 202 g/mol. The van der Waals surface area contributed by atoms with Gasteiger partial charge in [0.2, 0.25) is 0 Å². The van der Waals surface area contributed by atoms with E-state index in [9.17, 15) is 9.59 Å². The van der Waals surface area contributed by atoms with E-state index in [2.05, 4.69) is 10.6 Å². The molecular weight excluding hydrogens is 184 g/mol. The molecule has 0 atom stereocenters. The van der Waals surface area contributed by atoms with Gasteiger partial charge in [0.15, 0.2) is 0 Å². The number of nitrogens with one attached hydrogen (secondary N) is 2. The number of carbonyl (C=O) groups is 2. The van der Waals surface area contributed by atoms with E-state index in [0.717, 1.165) is 0 Å². The Labute approximate surface area is 84.2 Å². The smallest absolute Gasteiger partial charge is 0.309 e. The Morgan fingerprint density at radius 2 is 1.79 bits per heavy atom. The molecule has 0 aromatic rings. The van der Waals surface area contributed by atoms with Crippen molar-refractivity contribution in [1.82, 2.24) is 10.6 Å². The average molecular weight is 202 g/mol. The maximum atomic E-state index is 11.1. The predicted molar refractivity (Wildman–Crippen MR) is 52.7 cm³/mol. The summed E-state index contributed by atoms with van der Waals surface area (Å²) in [7, 11) is 1.53. The van der Waals surface area contributed by atoms with E-state index in [1.807, 2.05) is 13.8 Å². The number of methoxy groups -OCH3 is 1. The van der Waals surface area contributed by atoms with E-state index in [1.165, 1.54) is 7.11 Å². The summed E-state index contributed by atoms with van der Waals surface area (Å²) in [6.45, 7) is 5.19. The van der Waals surface area contributed by atoms with Crippen LogP contribution in [0.3, 0.4) is 0 Å². The molecule has 0 radical (unpaired) electrons. The standard InChI is InChI=1S/C9H18N2O3/c1-7(2)6-11-9(13)8(12)10-4-5-14-3/h7H,4-6H2,1-3H3,(H,10,12)(H,11,13). The molecule has 0 aromatic heterocycles. The number of rotatable bonds is 5. The molecule has 2 amide bonds. The lowest BCUT2D eigenvalue weighted by molar-refractivity contribution is -0.139. The van der Waals surface area contributed by atoms with E-state index in [1.54, 1.807) is 0 Å². The molecule has 0 bridgehead atoms. The van der Waals surface area contributed by atoms with Gasteiger partial charge in [0.05, 0.1) is 6.61 Å². The molecule has 0 saturated carbocycles. The van der Waals surface area contributed by atoms with Gasteiger partial charge in [-0.15, -0.1) is 0 Å². The van der Waals surface area contributed by atoms with E-state index < -0.39 is 11.8 Å². The zero-order chi connectivity index (χ0) is 11.0. The van der Waals surface area contributed by atoms with E-state index in [0.29, 0.717) is 25.6 Å². The van der Waals surface area contributed by atoms with Gasteiger partial charge in [-0.05, 0) is 5.92 Å². The molecule has 0 aliphatic carbocycles. The molecule has 14 heavy (non-hydrogen) atoms. The van der Waals surface area contributed by atoms with Crippen molar-refractivity contribution in [2.45, 2.75) is 13.8 Å². The molecule has 0 aliphatic rings. The minimum Gasteiger partial charge on any atom is -0.383 e. The Kier molecular flexibility index (Phi) is 6.74. The third-order valence-corrected chi connectivity index (χ3v) is 1.47. The van der Waals surface area contributed by atoms with Crippen LogP contribution in [0.15, 0.2) is 0 Å². The van der Waals surface area contributed by atoms with Gasteiger partial charge in [0, 0.05) is 20.2 Å². The quantitative estimate of drug-likeness (QED) is 0.467. The van der Waals surface area contributed by atoms with Gasteiger partial charge in [-0.2, -0.15) is 0 Å². The second-order valence-electron chi connectivity index (χ2n) is 3.35. The lowest BCUT2D eigenvalue weighted by Gasteiger charge is -2.07. The van der Waals surface area contributed by atoms with Crippen LogP contribution in [-0.2, 0) is 14.3 Å². The summed E-state index contributed by atoms with van der Waals surface area (Å²) in [5.74, 6) is -0.858. The Balaban J connectivity index is 3.60. The molecule has 5 heteroatoms. The van der Waals surface area contributed by atoms with E-state index >= 15 is 0 Å². The Morgan fingerprint density at radius 1 is 1.21 bits per heavy atom. The average Bonchev–Trinajstić information content (AvgIpc) is 2.14. The van der Waals surface area contributed by atoms with Crippen LogP contribution in [0.5, 0.6) is 0 Å². The maximum Gasteiger partial charge on any atom is 0.309 e. The predicted octanol–water partition coefficient (Wildman–Crippen LogP) is -0.479. The van der Waals surface area contributed by atoms with Gasteiger partial charge in [0.1, 0.15) is 0 Å². The van der Waals surface area contributed by atoms with Crippen molar-refractivity contribution in [3.05, 3.63) is 0 Å². The van der Waals surface area contributed by atoms with Crippen LogP contribution in [0, 0.1) is 5.92 Å². The third kappa shape index (κ3) is 6.42. The van der Waals surface area contributed by atoms with E-state index in [4.69, 9.17) is 4.74 Å². The molecule has 0 aliphatic heterocycles. The van der Waals surface area contributed by atoms with Crippen LogP contribution in [0.1, 0.15) is 13.8 Å². The molecular formula is C9H18N2O3. The van der Waals surface area contributed by atoms with Crippen LogP contribution in [0.25, 0.3) is 0 Å². The summed E-state index contributed by atoms with van der Waals surface area (Å²) in [4.78, 5) is 22.1. The van der Waals surface area contributed by atoms with Crippen molar-refractivity contribution in [3.63, 3.8) is 0 Å². The van der Waals surface area contributed by atoms with Crippen molar-refractivity contribution < 1.29 is 14.3 Å². The van der Waals surface area contributed by atoms with Gasteiger partial charge in [0.25, 0.3) is 0 Å². The molecule has 2 N–H and O–H groups in total. The summed E-state index contributed by atoms with van der Waals surface area (Å²) in [5.41, 5.74) is 0. The highest BCUT2D eigenvalue weighted by Gasteiger charge is 2.11. The third-order valence-electron chi connectivity index (χ3n) is 1.47. The summed E-state index contributed by atoms with van der Waals surface area (Å²) in [6, 6.07) is 0. The van der Waals surface area contributed by atoms with Crippen molar-refractivity contribution >= 4 is 11.8 Å². The lowest BCUT2D eigenvalue weighted by Crippen LogP contribution is -2.42.